The fourth-order valence-electron chi connectivity index (χ4n) is 2.08. The van der Waals surface area contributed by atoms with Crippen LogP contribution in [0, 0.1) is 0 Å². The van der Waals surface area contributed by atoms with Gasteiger partial charge in [0.1, 0.15) is 10.7 Å². The molecule has 2 N–H and O–H groups in total. The van der Waals surface area contributed by atoms with Gasteiger partial charge in [0.05, 0.1) is 19.8 Å². The monoisotopic (exact) mass is 301 g/mol. The molecule has 0 radical (unpaired) electrons. The van der Waals surface area contributed by atoms with Gasteiger partial charge in [0.2, 0.25) is 0 Å². The van der Waals surface area contributed by atoms with Crippen LogP contribution in [-0.2, 0) is 11.3 Å². The summed E-state index contributed by atoms with van der Waals surface area (Å²) in [5.74, 6) is 0.773. The maximum atomic E-state index is 5.93. The summed E-state index contributed by atoms with van der Waals surface area (Å²) in [7, 11) is 1.64. The third kappa shape index (κ3) is 4.03. The maximum Gasteiger partial charge on any atom is 0.124 e. The normalized spacial score (nSPS) is 11.9. The minimum Gasteiger partial charge on any atom is -0.496 e. The van der Waals surface area contributed by atoms with E-state index in [0.29, 0.717) is 11.6 Å². The van der Waals surface area contributed by atoms with E-state index in [1.54, 1.807) is 7.11 Å². The van der Waals surface area contributed by atoms with E-state index in [1.807, 2.05) is 55.5 Å². The summed E-state index contributed by atoms with van der Waals surface area (Å²) in [6, 6.07) is 15.7. The predicted molar refractivity (Wildman–Crippen MR) is 88.5 cm³/mol. The topological polar surface area (TPSA) is 44.5 Å². The van der Waals surface area contributed by atoms with Crippen LogP contribution in [-0.4, -0.2) is 12.1 Å². The van der Waals surface area contributed by atoms with E-state index in [2.05, 4.69) is 0 Å². The lowest BCUT2D eigenvalue weighted by molar-refractivity contribution is 0.0514. The minimum atomic E-state index is 0.00407. The largest absolute Gasteiger partial charge is 0.496 e. The molecule has 0 spiro atoms. The Kier molecular flexibility index (Phi) is 5.31. The van der Waals surface area contributed by atoms with Crippen LogP contribution in [0.15, 0.2) is 48.5 Å². The second-order valence-corrected chi connectivity index (χ2v) is 5.19. The molecule has 21 heavy (non-hydrogen) atoms. The zero-order valence-corrected chi connectivity index (χ0v) is 13.0. The van der Waals surface area contributed by atoms with Gasteiger partial charge in [0.15, 0.2) is 0 Å². The van der Waals surface area contributed by atoms with Gasteiger partial charge >= 0.3 is 0 Å². The summed E-state index contributed by atoms with van der Waals surface area (Å²) in [6.07, 6.45) is 0.00407. The highest BCUT2D eigenvalue weighted by Crippen LogP contribution is 2.24. The Morgan fingerprint density at radius 1 is 1.19 bits per heavy atom. The van der Waals surface area contributed by atoms with E-state index in [4.69, 9.17) is 27.4 Å². The van der Waals surface area contributed by atoms with Crippen molar-refractivity contribution in [3.63, 3.8) is 0 Å². The number of nitrogens with two attached hydrogens (primary N) is 1. The molecule has 1 atom stereocenters. The molecule has 4 heteroatoms. The second kappa shape index (κ2) is 7.20. The van der Waals surface area contributed by atoms with Crippen LogP contribution in [0.1, 0.15) is 29.7 Å². The predicted octanol–water partition coefficient (Wildman–Crippen LogP) is 3.61. The van der Waals surface area contributed by atoms with Gasteiger partial charge in [-0.25, -0.2) is 0 Å². The highest BCUT2D eigenvalue weighted by Gasteiger charge is 2.10. The molecule has 0 aromatic heterocycles. The average molecular weight is 301 g/mol. The molecule has 1 unspecified atom stereocenters. The molecule has 0 heterocycles. The third-order valence-corrected chi connectivity index (χ3v) is 3.56. The van der Waals surface area contributed by atoms with Crippen LogP contribution >= 0.6 is 12.2 Å². The van der Waals surface area contributed by atoms with Crippen molar-refractivity contribution in [2.45, 2.75) is 19.6 Å². The third-order valence-electron chi connectivity index (χ3n) is 3.32. The molecule has 2 aromatic carbocycles. The first-order valence-electron chi connectivity index (χ1n) is 6.75. The van der Waals surface area contributed by atoms with Crippen molar-refractivity contribution in [3.05, 3.63) is 65.2 Å². The molecule has 0 amide bonds. The molecule has 0 aliphatic rings. The summed E-state index contributed by atoms with van der Waals surface area (Å²) in [5, 5.41) is 0. The second-order valence-electron chi connectivity index (χ2n) is 4.75. The number of methoxy groups -OCH3 is 1. The summed E-state index contributed by atoms with van der Waals surface area (Å²) in [5.41, 5.74) is 8.56. The smallest absolute Gasteiger partial charge is 0.124 e. The Morgan fingerprint density at radius 3 is 2.52 bits per heavy atom. The molecule has 0 aliphatic carbocycles. The number of benzene rings is 2. The van der Waals surface area contributed by atoms with Gasteiger partial charge in [0, 0.05) is 11.1 Å². The minimum absolute atomic E-state index is 0.00407. The van der Waals surface area contributed by atoms with Gasteiger partial charge < -0.3 is 15.2 Å². The molecule has 3 nitrogen and oxygen atoms in total. The highest BCUT2D eigenvalue weighted by molar-refractivity contribution is 7.80. The number of hydrogen-bond acceptors (Lipinski definition) is 3. The number of thiocarbonyl (C=S) groups is 1. The Labute approximate surface area is 130 Å². The fourth-order valence-corrected chi connectivity index (χ4v) is 2.21. The van der Waals surface area contributed by atoms with Crippen molar-refractivity contribution < 1.29 is 9.47 Å². The Bertz CT molecular complexity index is 613. The maximum absolute atomic E-state index is 5.93. The zero-order chi connectivity index (χ0) is 15.2. The van der Waals surface area contributed by atoms with Crippen molar-refractivity contribution in [1.82, 2.24) is 0 Å². The van der Waals surface area contributed by atoms with Crippen LogP contribution in [0.4, 0.5) is 0 Å². The first-order valence-corrected chi connectivity index (χ1v) is 7.16. The Hall–Kier alpha value is -1.91. The summed E-state index contributed by atoms with van der Waals surface area (Å²) < 4.78 is 11.3. The molecule has 0 saturated heterocycles. The van der Waals surface area contributed by atoms with Gasteiger partial charge in [-0.2, -0.15) is 0 Å². The molecule has 0 fully saturated rings. The number of ether oxygens (including phenoxy) is 2. The molecule has 2 rings (SSSR count). The van der Waals surface area contributed by atoms with Crippen LogP contribution in [0.3, 0.4) is 0 Å². The quantitative estimate of drug-likeness (QED) is 0.828. The Morgan fingerprint density at radius 2 is 1.90 bits per heavy atom. The van der Waals surface area contributed by atoms with Gasteiger partial charge in [-0.15, -0.1) is 0 Å². The van der Waals surface area contributed by atoms with E-state index in [0.717, 1.165) is 22.4 Å². The first-order chi connectivity index (χ1) is 10.1. The van der Waals surface area contributed by atoms with Crippen molar-refractivity contribution >= 4 is 17.2 Å². The average Bonchev–Trinajstić information content (AvgIpc) is 2.53. The van der Waals surface area contributed by atoms with E-state index >= 15 is 0 Å². The molecule has 0 aliphatic heterocycles. The molecular formula is C17H19NO2S. The van der Waals surface area contributed by atoms with E-state index < -0.39 is 0 Å². The van der Waals surface area contributed by atoms with Crippen LogP contribution in [0.25, 0.3) is 0 Å². The molecule has 110 valence electrons. The van der Waals surface area contributed by atoms with Crippen LogP contribution in [0.2, 0.25) is 0 Å². The summed E-state index contributed by atoms with van der Waals surface area (Å²) in [4.78, 5) is 0.370. The van der Waals surface area contributed by atoms with Gasteiger partial charge in [0.25, 0.3) is 0 Å². The lowest BCUT2D eigenvalue weighted by atomic mass is 10.1. The van der Waals surface area contributed by atoms with Crippen molar-refractivity contribution in [2.24, 2.45) is 5.73 Å². The first kappa shape index (κ1) is 15.5. The SMILES string of the molecule is COc1ccc(C(N)=S)cc1COC(C)c1ccccc1. The van der Waals surface area contributed by atoms with Crippen LogP contribution in [0.5, 0.6) is 5.75 Å². The lowest BCUT2D eigenvalue weighted by Gasteiger charge is -2.16. The fraction of sp³-hybridized carbons (Fsp3) is 0.235. The standard InChI is InChI=1S/C17H19NO2S/c1-12(13-6-4-3-5-7-13)20-11-15-10-14(17(18)21)8-9-16(15)19-2/h3-10,12H,11H2,1-2H3,(H2,18,21). The van der Waals surface area contributed by atoms with Crippen molar-refractivity contribution in [3.8, 4) is 5.75 Å². The summed E-state index contributed by atoms with van der Waals surface area (Å²) >= 11 is 5.01. The molecular weight excluding hydrogens is 282 g/mol. The van der Waals surface area contributed by atoms with Gasteiger partial charge in [-0.3, -0.25) is 0 Å². The van der Waals surface area contributed by atoms with Crippen LogP contribution < -0.4 is 10.5 Å². The van der Waals surface area contributed by atoms with Gasteiger partial charge in [-0.05, 0) is 30.7 Å². The number of rotatable bonds is 6. The van der Waals surface area contributed by atoms with E-state index in [9.17, 15) is 0 Å². The van der Waals surface area contributed by atoms with E-state index in [1.165, 1.54) is 0 Å². The number of hydrogen-bond donors (Lipinski definition) is 1. The highest BCUT2D eigenvalue weighted by atomic mass is 32.1. The summed E-state index contributed by atoms with van der Waals surface area (Å²) in [6.45, 7) is 2.47. The van der Waals surface area contributed by atoms with Crippen molar-refractivity contribution in [2.75, 3.05) is 7.11 Å². The van der Waals surface area contributed by atoms with E-state index in [-0.39, 0.29) is 6.10 Å². The molecule has 2 aromatic rings. The van der Waals surface area contributed by atoms with Gasteiger partial charge in [-0.1, -0.05) is 42.5 Å². The zero-order valence-electron chi connectivity index (χ0n) is 12.2. The molecule has 0 bridgehead atoms. The molecule has 0 saturated carbocycles. The van der Waals surface area contributed by atoms with Crippen molar-refractivity contribution in [1.29, 1.82) is 0 Å². The Balaban J connectivity index is 2.11. The lowest BCUT2D eigenvalue weighted by Crippen LogP contribution is -2.10.